The zero-order valence-corrected chi connectivity index (χ0v) is 72.1. The van der Waals surface area contributed by atoms with Crippen molar-refractivity contribution in [3.8, 4) is 17.2 Å². The quantitative estimate of drug-likeness (QED) is 0.0231. The first-order valence-electron chi connectivity index (χ1n) is 44.9. The van der Waals surface area contributed by atoms with E-state index in [0.29, 0.717) is 54.6 Å². The number of hydrogen-bond acceptors (Lipinski definition) is 17. The summed E-state index contributed by atoms with van der Waals surface area (Å²) < 4.78 is 66.1. The highest BCUT2D eigenvalue weighted by molar-refractivity contribution is 8.07. The van der Waals surface area contributed by atoms with Crippen molar-refractivity contribution >= 4 is 30.5 Å². The van der Waals surface area contributed by atoms with Crippen LogP contribution in [0.1, 0.15) is 397 Å². The molecule has 1 aromatic carbocycles. The van der Waals surface area contributed by atoms with Crippen LogP contribution in [0, 0.1) is 20.4 Å². The Bertz CT molecular complexity index is 3270. The van der Waals surface area contributed by atoms with Gasteiger partial charge in [-0.2, -0.15) is 0 Å². The van der Waals surface area contributed by atoms with Crippen molar-refractivity contribution in [2.45, 2.75) is 425 Å². The topological polar surface area (TPSA) is 241 Å². The Morgan fingerprint density at radius 3 is 1.20 bits per heavy atom. The molecule has 4 heterocycles. The van der Waals surface area contributed by atoms with Gasteiger partial charge in [0.25, 0.3) is 11.1 Å². The fourth-order valence-electron chi connectivity index (χ4n) is 14.9. The second-order valence-corrected chi connectivity index (χ2v) is 34.7. The molecule has 2 aliphatic heterocycles. The van der Waals surface area contributed by atoms with Crippen LogP contribution < -0.4 is 36.7 Å². The smallest absolute Gasteiger partial charge is 0.330 e. The molecule has 7 atom stereocenters. The Hall–Kier alpha value is -5.14. The van der Waals surface area contributed by atoms with E-state index >= 15 is 0 Å². The van der Waals surface area contributed by atoms with Crippen molar-refractivity contribution in [3.05, 3.63) is 94.3 Å². The number of benzene rings is 1. The van der Waals surface area contributed by atoms with Gasteiger partial charge >= 0.3 is 30.0 Å². The minimum atomic E-state index is -3.81. The van der Waals surface area contributed by atoms with Crippen LogP contribution in [0.3, 0.4) is 0 Å². The fraction of sp³-hybridized carbons (Fsp3) is 0.809. The summed E-state index contributed by atoms with van der Waals surface area (Å²) in [6.07, 6.45) is 58.7. The lowest BCUT2D eigenvalue weighted by Gasteiger charge is -2.28. The number of carbonyl (C=O) groups excluding carboxylic acids is 2. The summed E-state index contributed by atoms with van der Waals surface area (Å²) in [5.74, 6) is 0.310. The lowest BCUT2D eigenvalue weighted by molar-refractivity contribution is -0.156. The molecule has 2 aromatic heterocycles. The third kappa shape index (κ3) is 41.6. The maximum absolute atomic E-state index is 14.0. The molecule has 112 heavy (non-hydrogen) atoms. The van der Waals surface area contributed by atoms with E-state index in [1.807, 2.05) is 19.1 Å². The van der Waals surface area contributed by atoms with Crippen LogP contribution in [0.4, 0.5) is 0 Å². The second kappa shape index (κ2) is 61.2. The van der Waals surface area contributed by atoms with Crippen molar-refractivity contribution in [3.63, 3.8) is 0 Å². The molecule has 7 unspecified atom stereocenters. The van der Waals surface area contributed by atoms with Crippen molar-refractivity contribution < 1.29 is 56.3 Å². The number of nitrogens with one attached hydrogen (secondary N) is 2. The maximum atomic E-state index is 14.0. The molecule has 3 aromatic rings. The average molecular weight is 1610 g/mol. The molecule has 0 amide bonds. The summed E-state index contributed by atoms with van der Waals surface area (Å²) in [6.45, 7) is 16.2. The van der Waals surface area contributed by atoms with Gasteiger partial charge in [0.05, 0.1) is 51.5 Å². The van der Waals surface area contributed by atoms with Crippen LogP contribution >= 0.6 is 6.72 Å². The van der Waals surface area contributed by atoms with E-state index in [0.717, 1.165) is 51.4 Å². The number of ether oxygens (including phenoxy) is 7. The SMILES string of the molecule is [C-]#[N+]CCOP(=S)(OCC1OC(n2cc(C)c(=O)[nH]c2=O)CC1OC(=O)CCC(=O)OCc1cc(OCCCCCCCCCCCCCCCCCC)c(OCCCCCCCCCCCCCCCCCC)c(OCCCCCCCCCCCCCCCCCC)c1)OC1CC(n2cc(C)c(=O)[nH]c2=O)OC1CC. The fourth-order valence-corrected chi connectivity index (χ4v) is 17.1. The number of aromatic nitrogens is 4. The summed E-state index contributed by atoms with van der Waals surface area (Å²) in [6, 6.07) is 3.79. The maximum Gasteiger partial charge on any atom is 0.330 e. The van der Waals surface area contributed by atoms with E-state index in [1.165, 1.54) is 278 Å². The van der Waals surface area contributed by atoms with Crippen LogP contribution in [-0.4, -0.2) is 95.0 Å². The molecule has 2 fully saturated rings. The molecular formula is C89H150N5O16PS. The van der Waals surface area contributed by atoms with Crippen molar-refractivity contribution in [1.29, 1.82) is 0 Å². The Morgan fingerprint density at radius 2 is 0.821 bits per heavy atom. The zero-order valence-electron chi connectivity index (χ0n) is 70.4. The standard InChI is InChI=1S/C89H150N5O16PS/c1-8-12-15-18-21-24-27-30-33-36-39-42-45-48-51-54-60-101-78-64-74(65-79(102-61-55-52-49-46-43-40-37-34-31-28-25-22-19-16-13-9-2)85(78)103-62-56-53-50-47-44-41-38-35-32-29-26-23-20-17-14-10-3)70-104-83(95)57-58-84(96)109-76-66-81(93-68-72(5)86(97)91-88(93)99)108-80(76)71-106-111(112,105-63-59-90-7)110-77-67-82(107-75(77)11-4)94-69-73(6)87(98)92-89(94)100/h64-65,68-69,75-77,80-82H,8-63,66-67,70-71H2,1-6H3,(H,91,97,99)(H,92,98,100). The molecule has 23 heteroatoms. The molecule has 2 aliphatic rings. The summed E-state index contributed by atoms with van der Waals surface area (Å²) in [7, 11) is 0. The average Bonchev–Trinajstić information content (AvgIpc) is 1.64. The number of aromatic amines is 2. The lowest BCUT2D eigenvalue weighted by Crippen LogP contribution is -2.33. The molecule has 638 valence electrons. The van der Waals surface area contributed by atoms with Gasteiger partial charge in [-0.1, -0.05) is 317 Å². The van der Waals surface area contributed by atoms with Crippen LogP contribution in [0.5, 0.6) is 17.2 Å². The van der Waals surface area contributed by atoms with Crippen LogP contribution in [0.25, 0.3) is 4.85 Å². The summed E-state index contributed by atoms with van der Waals surface area (Å²) in [4.78, 5) is 86.7. The van der Waals surface area contributed by atoms with Crippen LogP contribution in [0.2, 0.25) is 0 Å². The number of unbranched alkanes of at least 4 members (excludes halogenated alkanes) is 45. The lowest BCUT2D eigenvalue weighted by atomic mass is 10.0. The highest BCUT2D eigenvalue weighted by Gasteiger charge is 2.44. The third-order valence-electron chi connectivity index (χ3n) is 21.8. The second-order valence-electron chi connectivity index (χ2n) is 31.8. The van der Waals surface area contributed by atoms with E-state index in [9.17, 15) is 28.8 Å². The molecular weight excluding hydrogens is 1460 g/mol. The van der Waals surface area contributed by atoms with Gasteiger partial charge in [-0.3, -0.25) is 38.3 Å². The highest BCUT2D eigenvalue weighted by Crippen LogP contribution is 2.54. The first-order chi connectivity index (χ1) is 54.6. The molecule has 0 radical (unpaired) electrons. The Labute approximate surface area is 678 Å². The van der Waals surface area contributed by atoms with Gasteiger partial charge in [0.1, 0.15) is 37.9 Å². The number of rotatable bonds is 71. The normalized spacial score (nSPS) is 17.4. The van der Waals surface area contributed by atoms with E-state index < -0.39 is 78.0 Å². The van der Waals surface area contributed by atoms with Gasteiger partial charge < -0.3 is 51.6 Å². The Balaban J connectivity index is 1.24. The van der Waals surface area contributed by atoms with Crippen LogP contribution in [0.15, 0.2) is 43.7 Å². The monoisotopic (exact) mass is 1610 g/mol. The molecule has 0 bridgehead atoms. The van der Waals surface area contributed by atoms with Crippen molar-refractivity contribution in [2.24, 2.45) is 0 Å². The minimum absolute atomic E-state index is 0.0612. The number of nitrogens with zero attached hydrogens (tertiary/aromatic N) is 3. The number of hydrogen-bond donors (Lipinski definition) is 2. The van der Waals surface area contributed by atoms with Gasteiger partial charge in [-0.25, -0.2) is 16.2 Å². The molecule has 21 nitrogen and oxygen atoms in total. The summed E-state index contributed by atoms with van der Waals surface area (Å²) in [5.41, 5.74) is -1.29. The molecule has 0 aliphatic carbocycles. The largest absolute Gasteiger partial charge is 0.490 e. The summed E-state index contributed by atoms with van der Waals surface area (Å²) in [5, 5.41) is 0. The van der Waals surface area contributed by atoms with E-state index in [1.54, 1.807) is 13.8 Å². The molecule has 0 saturated carbocycles. The predicted molar refractivity (Wildman–Crippen MR) is 452 cm³/mol. The molecule has 2 saturated heterocycles. The predicted octanol–water partition coefficient (Wildman–Crippen LogP) is 22.6. The van der Waals surface area contributed by atoms with Gasteiger partial charge in [0.2, 0.25) is 12.3 Å². The number of esters is 2. The van der Waals surface area contributed by atoms with Crippen molar-refractivity contribution in [2.75, 3.05) is 39.6 Å². The van der Waals surface area contributed by atoms with E-state index in [4.69, 9.17) is 65.1 Å². The highest BCUT2D eigenvalue weighted by atomic mass is 32.5. The number of carbonyl (C=O) groups is 2. The Morgan fingerprint density at radius 1 is 0.473 bits per heavy atom. The van der Waals surface area contributed by atoms with Gasteiger partial charge in [0.15, 0.2) is 11.5 Å². The zero-order chi connectivity index (χ0) is 80.5. The summed E-state index contributed by atoms with van der Waals surface area (Å²) >= 11 is 5.99. The molecule has 2 N–H and O–H groups in total. The van der Waals surface area contributed by atoms with E-state index in [2.05, 4.69) is 35.6 Å². The van der Waals surface area contributed by atoms with Gasteiger partial charge in [-0.15, -0.1) is 0 Å². The minimum Gasteiger partial charge on any atom is -0.490 e. The third-order valence-corrected chi connectivity index (χ3v) is 24.2. The first-order valence-corrected chi connectivity index (χ1v) is 47.4. The van der Waals surface area contributed by atoms with Gasteiger partial charge in [0, 0.05) is 36.4 Å². The molecule has 0 spiro atoms. The van der Waals surface area contributed by atoms with Gasteiger partial charge in [-0.05, 0) is 69.0 Å². The number of aryl methyl sites for hydroxylation is 2. The molecule has 5 rings (SSSR count). The van der Waals surface area contributed by atoms with Crippen molar-refractivity contribution in [1.82, 2.24) is 19.1 Å². The first kappa shape index (κ1) is 97.4. The van der Waals surface area contributed by atoms with E-state index in [-0.39, 0.29) is 57.6 Å². The Kier molecular flexibility index (Phi) is 53.3. The van der Waals surface area contributed by atoms with Crippen LogP contribution in [-0.2, 0) is 60.5 Å². The number of H-pyrrole nitrogens is 2.